The van der Waals surface area contributed by atoms with Crippen molar-refractivity contribution < 1.29 is 5.11 Å². The Morgan fingerprint density at radius 1 is 1.00 bits per heavy atom. The van der Waals surface area contributed by atoms with Gasteiger partial charge in [0.25, 0.3) is 0 Å². The zero-order valence-electron chi connectivity index (χ0n) is 20.3. The van der Waals surface area contributed by atoms with Crippen LogP contribution in [0.2, 0.25) is 0 Å². The van der Waals surface area contributed by atoms with Gasteiger partial charge in [0.15, 0.2) is 0 Å². The molecule has 29 heavy (non-hydrogen) atoms. The van der Waals surface area contributed by atoms with E-state index in [-0.39, 0.29) is 11.5 Å². The van der Waals surface area contributed by atoms with Gasteiger partial charge in [-0.3, -0.25) is 0 Å². The summed E-state index contributed by atoms with van der Waals surface area (Å²) < 4.78 is 0. The Bertz CT molecular complexity index is 632. The van der Waals surface area contributed by atoms with Crippen LogP contribution in [0.5, 0.6) is 0 Å². The fourth-order valence-corrected chi connectivity index (χ4v) is 8.72. The normalized spacial score (nSPS) is 45.7. The third-order valence-electron chi connectivity index (χ3n) is 10.4. The number of hydrogen-bond donors (Lipinski definition) is 1. The standard InChI is InChI=1S/C28H48O/c1-18(2)8-7-9-20(4)24-17-25(29)26-22-11-10-21-16-19(3)12-14-27(21,5)23(22)13-15-28(24,26)6/h18-21,23-25,29H,7-17H2,1-6H3/t19?,20-,21+,23?,24?,25-,27?,28?/m1/s1. The summed E-state index contributed by atoms with van der Waals surface area (Å²) in [5.41, 5.74) is 4.08. The van der Waals surface area contributed by atoms with Gasteiger partial charge in [0.1, 0.15) is 0 Å². The minimum absolute atomic E-state index is 0.155. The first-order valence-corrected chi connectivity index (χ1v) is 13.1. The van der Waals surface area contributed by atoms with Crippen molar-refractivity contribution in [1.29, 1.82) is 0 Å². The fourth-order valence-electron chi connectivity index (χ4n) is 8.72. The van der Waals surface area contributed by atoms with Crippen molar-refractivity contribution >= 4 is 0 Å². The lowest BCUT2D eigenvalue weighted by molar-refractivity contribution is -0.00697. The van der Waals surface area contributed by atoms with E-state index in [1.165, 1.54) is 64.2 Å². The third-order valence-corrected chi connectivity index (χ3v) is 10.4. The van der Waals surface area contributed by atoms with Gasteiger partial charge in [-0.05, 0) is 96.9 Å². The molecule has 0 aliphatic heterocycles. The molecule has 3 saturated carbocycles. The van der Waals surface area contributed by atoms with E-state index in [0.29, 0.717) is 11.3 Å². The largest absolute Gasteiger partial charge is 0.389 e. The molecule has 0 radical (unpaired) electrons. The van der Waals surface area contributed by atoms with Gasteiger partial charge < -0.3 is 5.11 Å². The molecule has 3 fully saturated rings. The first-order chi connectivity index (χ1) is 13.7. The van der Waals surface area contributed by atoms with Crippen LogP contribution in [0.1, 0.15) is 112 Å². The van der Waals surface area contributed by atoms with E-state index in [0.717, 1.165) is 36.0 Å². The van der Waals surface area contributed by atoms with Gasteiger partial charge in [0, 0.05) is 0 Å². The Hall–Kier alpha value is -0.300. The van der Waals surface area contributed by atoms with Crippen LogP contribution in [-0.4, -0.2) is 11.2 Å². The van der Waals surface area contributed by atoms with E-state index in [9.17, 15) is 5.11 Å². The summed E-state index contributed by atoms with van der Waals surface area (Å²) in [7, 11) is 0. The van der Waals surface area contributed by atoms with Gasteiger partial charge >= 0.3 is 0 Å². The molecule has 8 atom stereocenters. The Morgan fingerprint density at radius 2 is 1.76 bits per heavy atom. The smallest absolute Gasteiger partial charge is 0.0761 e. The minimum Gasteiger partial charge on any atom is -0.389 e. The highest BCUT2D eigenvalue weighted by Crippen LogP contribution is 2.66. The van der Waals surface area contributed by atoms with E-state index in [2.05, 4.69) is 41.5 Å². The van der Waals surface area contributed by atoms with Crippen molar-refractivity contribution in [3.8, 4) is 0 Å². The van der Waals surface area contributed by atoms with Crippen LogP contribution in [0.25, 0.3) is 0 Å². The van der Waals surface area contributed by atoms with Crippen LogP contribution in [0.15, 0.2) is 11.1 Å². The highest BCUT2D eigenvalue weighted by atomic mass is 16.3. The van der Waals surface area contributed by atoms with Crippen LogP contribution in [-0.2, 0) is 0 Å². The molecule has 0 bridgehead atoms. The zero-order valence-corrected chi connectivity index (χ0v) is 20.3. The van der Waals surface area contributed by atoms with Crippen molar-refractivity contribution in [2.24, 2.45) is 46.3 Å². The summed E-state index contributed by atoms with van der Waals surface area (Å²) in [4.78, 5) is 0. The molecule has 4 rings (SSSR count). The summed E-state index contributed by atoms with van der Waals surface area (Å²) in [6.45, 7) is 14.8. The lowest BCUT2D eigenvalue weighted by Gasteiger charge is -2.57. The predicted molar refractivity (Wildman–Crippen MR) is 124 cm³/mol. The molecule has 0 aromatic carbocycles. The van der Waals surface area contributed by atoms with E-state index < -0.39 is 0 Å². The second kappa shape index (κ2) is 7.99. The van der Waals surface area contributed by atoms with Crippen LogP contribution in [0.3, 0.4) is 0 Å². The average Bonchev–Trinajstić information content (AvgIpc) is 2.93. The van der Waals surface area contributed by atoms with Gasteiger partial charge in [-0.2, -0.15) is 0 Å². The molecule has 1 nitrogen and oxygen atoms in total. The lowest BCUT2D eigenvalue weighted by Crippen LogP contribution is -2.47. The summed E-state index contributed by atoms with van der Waals surface area (Å²) in [5.74, 6) is 4.85. The molecule has 0 heterocycles. The second-order valence-electron chi connectivity index (χ2n) is 12.7. The van der Waals surface area contributed by atoms with Crippen molar-refractivity contribution in [1.82, 2.24) is 0 Å². The van der Waals surface area contributed by atoms with E-state index >= 15 is 0 Å². The highest BCUT2D eigenvalue weighted by Gasteiger charge is 2.57. The molecule has 0 aromatic rings. The lowest BCUT2D eigenvalue weighted by atomic mass is 9.48. The van der Waals surface area contributed by atoms with Crippen LogP contribution in [0.4, 0.5) is 0 Å². The Labute approximate surface area is 181 Å². The fraction of sp³-hybridized carbons (Fsp3) is 0.929. The topological polar surface area (TPSA) is 20.2 Å². The molecule has 4 aliphatic rings. The molecule has 1 N–H and O–H groups in total. The molecule has 5 unspecified atom stereocenters. The first-order valence-electron chi connectivity index (χ1n) is 13.1. The quantitative estimate of drug-likeness (QED) is 0.467. The molecule has 0 spiro atoms. The number of allylic oxidation sites excluding steroid dienone is 1. The van der Waals surface area contributed by atoms with Crippen molar-refractivity contribution in [2.45, 2.75) is 118 Å². The number of aliphatic hydroxyl groups excluding tert-OH is 1. The predicted octanol–water partition coefficient (Wildman–Crippen LogP) is 7.78. The van der Waals surface area contributed by atoms with Gasteiger partial charge in [0.05, 0.1) is 6.10 Å². The van der Waals surface area contributed by atoms with Gasteiger partial charge in [-0.15, -0.1) is 0 Å². The third kappa shape index (κ3) is 3.66. The maximum atomic E-state index is 11.3. The molecule has 166 valence electrons. The summed E-state index contributed by atoms with van der Waals surface area (Å²) in [6, 6.07) is 0. The minimum atomic E-state index is -0.155. The molecule has 0 amide bonds. The summed E-state index contributed by atoms with van der Waals surface area (Å²) in [6.07, 6.45) is 14.6. The first kappa shape index (κ1) is 21.9. The zero-order chi connectivity index (χ0) is 21.0. The monoisotopic (exact) mass is 400 g/mol. The van der Waals surface area contributed by atoms with Gasteiger partial charge in [-0.25, -0.2) is 0 Å². The maximum absolute atomic E-state index is 11.3. The second-order valence-corrected chi connectivity index (χ2v) is 12.7. The Balaban J connectivity index is 1.58. The molecular weight excluding hydrogens is 352 g/mol. The van der Waals surface area contributed by atoms with Crippen molar-refractivity contribution in [2.75, 3.05) is 0 Å². The molecule has 0 saturated heterocycles. The van der Waals surface area contributed by atoms with E-state index in [1.54, 1.807) is 11.1 Å². The van der Waals surface area contributed by atoms with Gasteiger partial charge in [-0.1, -0.05) is 72.8 Å². The van der Waals surface area contributed by atoms with Crippen molar-refractivity contribution in [3.63, 3.8) is 0 Å². The molecule has 0 aromatic heterocycles. The number of aliphatic hydroxyl groups is 1. The summed E-state index contributed by atoms with van der Waals surface area (Å²) >= 11 is 0. The van der Waals surface area contributed by atoms with E-state index in [4.69, 9.17) is 0 Å². The Kier molecular flexibility index (Phi) is 6.04. The molecule has 4 aliphatic carbocycles. The molecule has 1 heteroatoms. The van der Waals surface area contributed by atoms with Crippen molar-refractivity contribution in [3.05, 3.63) is 11.1 Å². The number of fused-ring (bicyclic) bond motifs is 4. The van der Waals surface area contributed by atoms with E-state index in [1.807, 2.05) is 0 Å². The highest BCUT2D eigenvalue weighted by molar-refractivity contribution is 5.37. The molecular formula is C28H48O. The van der Waals surface area contributed by atoms with Crippen LogP contribution < -0.4 is 0 Å². The number of hydrogen-bond acceptors (Lipinski definition) is 1. The Morgan fingerprint density at radius 3 is 2.48 bits per heavy atom. The number of rotatable bonds is 5. The average molecular weight is 401 g/mol. The summed E-state index contributed by atoms with van der Waals surface area (Å²) in [5, 5.41) is 11.3. The van der Waals surface area contributed by atoms with Gasteiger partial charge in [0.2, 0.25) is 0 Å². The van der Waals surface area contributed by atoms with Crippen LogP contribution >= 0.6 is 0 Å². The van der Waals surface area contributed by atoms with Crippen LogP contribution in [0, 0.1) is 46.3 Å². The SMILES string of the molecule is CC(C)CCC[C@@H](C)C1C[C@@H](O)C2=C3CC[C@H]4CC(C)CCC4(C)C3CCC21C. The maximum Gasteiger partial charge on any atom is 0.0761 e.